The van der Waals surface area contributed by atoms with Crippen molar-refractivity contribution < 1.29 is 24.0 Å². The fourth-order valence-electron chi connectivity index (χ4n) is 3.45. The summed E-state index contributed by atoms with van der Waals surface area (Å²) in [5.41, 5.74) is 0.664. The molecule has 0 saturated carbocycles. The number of carbonyl (C=O) groups excluding carboxylic acids is 3. The molecule has 1 unspecified atom stereocenters. The molecule has 9 heteroatoms. The number of nitro groups is 1. The molecule has 4 rings (SSSR count). The lowest BCUT2D eigenvalue weighted by molar-refractivity contribution is -0.384. The van der Waals surface area contributed by atoms with Crippen LogP contribution in [0.5, 0.6) is 0 Å². The molecule has 148 valence electrons. The van der Waals surface area contributed by atoms with Crippen molar-refractivity contribution in [1.29, 1.82) is 0 Å². The Morgan fingerprint density at radius 2 is 1.86 bits per heavy atom. The van der Waals surface area contributed by atoms with Crippen LogP contribution in [0.25, 0.3) is 0 Å². The maximum atomic E-state index is 12.8. The van der Waals surface area contributed by atoms with Gasteiger partial charge in [0, 0.05) is 30.8 Å². The predicted molar refractivity (Wildman–Crippen MR) is 102 cm³/mol. The zero-order chi connectivity index (χ0) is 20.5. The summed E-state index contributed by atoms with van der Waals surface area (Å²) in [5, 5.41) is 13.6. The van der Waals surface area contributed by atoms with Crippen LogP contribution in [0.3, 0.4) is 0 Å². The molecule has 29 heavy (non-hydrogen) atoms. The molecule has 0 bridgehead atoms. The summed E-state index contributed by atoms with van der Waals surface area (Å²) in [6, 6.07) is 9.47. The van der Waals surface area contributed by atoms with E-state index >= 15 is 0 Å². The molecular formula is C20H17N3O6. The Morgan fingerprint density at radius 1 is 1.14 bits per heavy atom. The van der Waals surface area contributed by atoms with Crippen LogP contribution in [0.4, 0.5) is 11.4 Å². The lowest BCUT2D eigenvalue weighted by atomic mass is 10.1. The highest BCUT2D eigenvalue weighted by molar-refractivity contribution is 6.34. The van der Waals surface area contributed by atoms with Gasteiger partial charge in [0.15, 0.2) is 0 Å². The van der Waals surface area contributed by atoms with Gasteiger partial charge in [0.1, 0.15) is 0 Å². The van der Waals surface area contributed by atoms with Gasteiger partial charge in [0.05, 0.1) is 27.8 Å². The Morgan fingerprint density at radius 3 is 2.52 bits per heavy atom. The van der Waals surface area contributed by atoms with Gasteiger partial charge >= 0.3 is 0 Å². The van der Waals surface area contributed by atoms with Crippen LogP contribution in [-0.4, -0.2) is 41.9 Å². The first kappa shape index (κ1) is 18.8. The minimum absolute atomic E-state index is 0.00536. The van der Waals surface area contributed by atoms with E-state index in [1.54, 1.807) is 0 Å². The number of hydrogen-bond donors (Lipinski definition) is 1. The van der Waals surface area contributed by atoms with Crippen LogP contribution in [0.2, 0.25) is 0 Å². The van der Waals surface area contributed by atoms with Crippen molar-refractivity contribution in [2.45, 2.75) is 18.9 Å². The summed E-state index contributed by atoms with van der Waals surface area (Å²) in [5.74, 6) is -1.46. The van der Waals surface area contributed by atoms with Gasteiger partial charge in [-0.3, -0.25) is 24.5 Å². The highest BCUT2D eigenvalue weighted by atomic mass is 16.6. The van der Waals surface area contributed by atoms with Gasteiger partial charge in [0.2, 0.25) is 0 Å². The summed E-state index contributed by atoms with van der Waals surface area (Å²) in [6.45, 7) is 1.08. The Balaban J connectivity index is 1.54. The number of rotatable bonds is 5. The van der Waals surface area contributed by atoms with Gasteiger partial charge in [-0.25, -0.2) is 4.90 Å². The van der Waals surface area contributed by atoms with Crippen molar-refractivity contribution in [1.82, 2.24) is 5.32 Å². The molecule has 0 radical (unpaired) electrons. The monoisotopic (exact) mass is 395 g/mol. The van der Waals surface area contributed by atoms with Crippen LogP contribution in [0.1, 0.15) is 43.9 Å². The van der Waals surface area contributed by atoms with Crippen molar-refractivity contribution in [3.63, 3.8) is 0 Å². The van der Waals surface area contributed by atoms with Crippen molar-refractivity contribution in [3.05, 3.63) is 69.3 Å². The van der Waals surface area contributed by atoms with Gasteiger partial charge < -0.3 is 10.1 Å². The first-order chi connectivity index (χ1) is 14.0. The van der Waals surface area contributed by atoms with E-state index in [4.69, 9.17) is 4.74 Å². The van der Waals surface area contributed by atoms with E-state index in [0.717, 1.165) is 17.7 Å². The van der Waals surface area contributed by atoms with Crippen LogP contribution >= 0.6 is 0 Å². The first-order valence-corrected chi connectivity index (χ1v) is 9.13. The number of nitrogens with one attached hydrogen (secondary N) is 1. The molecule has 2 aliphatic rings. The summed E-state index contributed by atoms with van der Waals surface area (Å²) in [6.07, 6.45) is 1.85. The number of carbonyl (C=O) groups is 3. The average Bonchev–Trinajstić information content (AvgIpc) is 3.33. The molecule has 1 N–H and O–H groups in total. The van der Waals surface area contributed by atoms with E-state index in [-0.39, 0.29) is 40.1 Å². The normalized spacial score (nSPS) is 18.1. The molecule has 2 aliphatic heterocycles. The number of anilines is 1. The third-order valence-electron chi connectivity index (χ3n) is 4.98. The second-order valence-corrected chi connectivity index (χ2v) is 6.82. The molecule has 1 saturated heterocycles. The first-order valence-electron chi connectivity index (χ1n) is 9.13. The quantitative estimate of drug-likeness (QED) is 0.471. The molecule has 9 nitrogen and oxygen atoms in total. The summed E-state index contributed by atoms with van der Waals surface area (Å²) in [4.78, 5) is 49.0. The lowest BCUT2D eigenvalue weighted by Gasteiger charge is -2.13. The molecule has 1 fully saturated rings. The fraction of sp³-hybridized carbons (Fsp3) is 0.250. The number of fused-ring (bicyclic) bond motifs is 1. The molecule has 2 aromatic rings. The van der Waals surface area contributed by atoms with E-state index < -0.39 is 16.7 Å². The van der Waals surface area contributed by atoms with E-state index in [9.17, 15) is 24.5 Å². The number of nitrogens with zero attached hydrogens (tertiary/aromatic N) is 2. The molecule has 0 spiro atoms. The SMILES string of the molecule is O=C(NCC1CCCO1)c1ccc2c(c1)C(=O)N(c1ccc([N+](=O)[O-])cc1)C2=O. The Labute approximate surface area is 165 Å². The average molecular weight is 395 g/mol. The van der Waals surface area contributed by atoms with Crippen molar-refractivity contribution >= 4 is 29.1 Å². The third kappa shape index (κ3) is 3.47. The molecule has 2 heterocycles. The maximum absolute atomic E-state index is 12.8. The third-order valence-corrected chi connectivity index (χ3v) is 4.98. The number of benzene rings is 2. The van der Waals surface area contributed by atoms with E-state index in [1.165, 1.54) is 42.5 Å². The molecule has 0 aliphatic carbocycles. The smallest absolute Gasteiger partial charge is 0.269 e. The zero-order valence-corrected chi connectivity index (χ0v) is 15.3. The Hall–Kier alpha value is -3.59. The number of amides is 3. The number of nitro benzene ring substituents is 1. The second kappa shape index (κ2) is 7.44. The molecule has 3 amide bonds. The van der Waals surface area contributed by atoms with Crippen molar-refractivity contribution in [3.8, 4) is 0 Å². The van der Waals surface area contributed by atoms with Gasteiger partial charge in [-0.1, -0.05) is 0 Å². The highest BCUT2D eigenvalue weighted by Crippen LogP contribution is 2.30. The van der Waals surface area contributed by atoms with Gasteiger partial charge in [-0.15, -0.1) is 0 Å². The van der Waals surface area contributed by atoms with Crippen LogP contribution in [0.15, 0.2) is 42.5 Å². The molecular weight excluding hydrogens is 378 g/mol. The number of hydrogen-bond acceptors (Lipinski definition) is 6. The van der Waals surface area contributed by atoms with Crippen LogP contribution in [0, 0.1) is 10.1 Å². The van der Waals surface area contributed by atoms with Gasteiger partial charge in [-0.05, 0) is 43.2 Å². The standard InChI is InChI=1S/C20H17N3O6/c24-18(21-11-15-2-1-9-29-15)12-3-8-16-17(10-12)20(26)22(19(16)25)13-4-6-14(7-5-13)23(27)28/h3-8,10,15H,1-2,9,11H2,(H,21,24). The lowest BCUT2D eigenvalue weighted by Crippen LogP contribution is -2.31. The topological polar surface area (TPSA) is 119 Å². The van der Waals surface area contributed by atoms with Crippen LogP contribution in [-0.2, 0) is 4.74 Å². The summed E-state index contributed by atoms with van der Waals surface area (Å²) in [7, 11) is 0. The highest BCUT2D eigenvalue weighted by Gasteiger charge is 2.37. The van der Waals surface area contributed by atoms with Crippen molar-refractivity contribution in [2.75, 3.05) is 18.1 Å². The number of imide groups is 1. The Kier molecular flexibility index (Phi) is 4.81. The zero-order valence-electron chi connectivity index (χ0n) is 15.3. The van der Waals surface area contributed by atoms with E-state index in [2.05, 4.69) is 5.32 Å². The molecule has 1 atom stereocenters. The predicted octanol–water partition coefficient (Wildman–Crippen LogP) is 2.30. The van der Waals surface area contributed by atoms with Crippen molar-refractivity contribution in [2.24, 2.45) is 0 Å². The van der Waals surface area contributed by atoms with Gasteiger partial charge in [0.25, 0.3) is 23.4 Å². The Bertz CT molecular complexity index is 1010. The second-order valence-electron chi connectivity index (χ2n) is 6.82. The largest absolute Gasteiger partial charge is 0.376 e. The molecule has 0 aromatic heterocycles. The summed E-state index contributed by atoms with van der Waals surface area (Å²) >= 11 is 0. The number of ether oxygens (including phenoxy) is 1. The number of non-ortho nitro benzene ring substituents is 1. The summed E-state index contributed by atoms with van der Waals surface area (Å²) < 4.78 is 5.47. The molecule has 2 aromatic carbocycles. The van der Waals surface area contributed by atoms with E-state index in [0.29, 0.717) is 13.2 Å². The van der Waals surface area contributed by atoms with E-state index in [1.807, 2.05) is 0 Å². The fourth-order valence-corrected chi connectivity index (χ4v) is 3.45. The maximum Gasteiger partial charge on any atom is 0.269 e. The van der Waals surface area contributed by atoms with Crippen LogP contribution < -0.4 is 10.2 Å². The van der Waals surface area contributed by atoms with Gasteiger partial charge in [-0.2, -0.15) is 0 Å². The minimum Gasteiger partial charge on any atom is -0.376 e. The minimum atomic E-state index is -0.576.